The molecule has 36 heavy (non-hydrogen) atoms. The average Bonchev–Trinajstić information content (AvgIpc) is 3.40. The maximum Gasteiger partial charge on any atom is 4.00 e. The predicted octanol–water partition coefficient (Wildman–Crippen LogP) is 9.97. The molecule has 1 rings (SSSR count). The Balaban J connectivity index is -0.000000188. The van der Waals surface area contributed by atoms with E-state index in [9.17, 15) is 0 Å². The van der Waals surface area contributed by atoms with Gasteiger partial charge in [0.1, 0.15) is 0 Å². The number of hydrogen-bond acceptors (Lipinski definition) is 0. The Morgan fingerprint density at radius 1 is 0.500 bits per heavy atom. The summed E-state index contributed by atoms with van der Waals surface area (Å²) in [6.07, 6.45) is 7.03. The quantitative estimate of drug-likeness (QED) is 0.143. The van der Waals surface area contributed by atoms with Gasteiger partial charge in [-0.05, 0) is 0 Å². The van der Waals surface area contributed by atoms with Crippen molar-refractivity contribution in [1.82, 2.24) is 0 Å². The smallest absolute Gasteiger partial charge is 4.00 e. The largest absolute Gasteiger partial charge is 4.00 e. The molecule has 0 radical (unpaired) electrons. The molecule has 0 saturated heterocycles. The van der Waals surface area contributed by atoms with Gasteiger partial charge in [-0.3, -0.25) is 0 Å². The SMILES string of the molecule is CCC(C)[N-]C(C)CC.CCC(C)[N-]C(C)CC.CCC(C)[N-]C(C)CC.[CH3][GeH]([CH3])[c-]1cccc1.[Hf+4]. The van der Waals surface area contributed by atoms with E-state index in [1.807, 2.05) is 0 Å². The first-order chi connectivity index (χ1) is 16.4. The third-order valence-electron chi connectivity index (χ3n) is 6.43. The Morgan fingerprint density at radius 2 is 0.694 bits per heavy atom. The minimum Gasteiger partial charge on any atom is 4.00 e. The molecule has 3 nitrogen and oxygen atoms in total. The van der Waals surface area contributed by atoms with E-state index in [-0.39, 0.29) is 25.8 Å². The fourth-order valence-electron chi connectivity index (χ4n) is 2.71. The van der Waals surface area contributed by atoms with Gasteiger partial charge in [-0.25, -0.2) is 0 Å². The van der Waals surface area contributed by atoms with Crippen LogP contribution in [0.2, 0.25) is 11.5 Å². The van der Waals surface area contributed by atoms with E-state index in [1.165, 1.54) is 38.5 Å². The zero-order valence-corrected chi connectivity index (χ0v) is 33.0. The van der Waals surface area contributed by atoms with Crippen LogP contribution in [0.4, 0.5) is 0 Å². The Labute approximate surface area is 252 Å². The van der Waals surface area contributed by atoms with Crippen molar-refractivity contribution in [3.05, 3.63) is 40.2 Å². The van der Waals surface area contributed by atoms with Crippen molar-refractivity contribution in [2.75, 3.05) is 0 Å². The van der Waals surface area contributed by atoms with E-state index in [4.69, 9.17) is 0 Å². The molecule has 0 spiro atoms. The molecule has 0 aliphatic carbocycles. The second-order valence-corrected chi connectivity index (χ2v) is 16.6. The maximum absolute atomic E-state index is 4.51. The number of rotatable bonds is 13. The van der Waals surface area contributed by atoms with Gasteiger partial charge >= 0.3 is 80.4 Å². The summed E-state index contributed by atoms with van der Waals surface area (Å²) in [6, 6.07) is 12.1. The van der Waals surface area contributed by atoms with Crippen molar-refractivity contribution in [3.8, 4) is 0 Å². The Morgan fingerprint density at radius 3 is 0.806 bits per heavy atom. The second-order valence-electron chi connectivity index (χ2n) is 10.4. The van der Waals surface area contributed by atoms with Crippen LogP contribution in [0, 0.1) is 0 Å². The van der Waals surface area contributed by atoms with Gasteiger partial charge in [0.25, 0.3) is 0 Å². The number of nitrogens with zero attached hydrogens (tertiary/aromatic N) is 3. The molecule has 0 aliphatic heterocycles. The van der Waals surface area contributed by atoms with Crippen LogP contribution in [0.25, 0.3) is 16.0 Å². The Kier molecular flexibility index (Phi) is 36.6. The van der Waals surface area contributed by atoms with E-state index in [0.717, 1.165) is 0 Å². The summed E-state index contributed by atoms with van der Waals surface area (Å²) in [5.41, 5.74) is 0. The van der Waals surface area contributed by atoms with Crippen molar-refractivity contribution < 1.29 is 25.8 Å². The van der Waals surface area contributed by atoms with Gasteiger partial charge in [0.15, 0.2) is 0 Å². The molecule has 0 amide bonds. The van der Waals surface area contributed by atoms with Crippen molar-refractivity contribution in [1.29, 1.82) is 0 Å². The molecule has 1 aromatic carbocycles. The van der Waals surface area contributed by atoms with Crippen molar-refractivity contribution >= 4 is 18.7 Å². The minimum absolute atomic E-state index is 0. The fourth-order valence-corrected chi connectivity index (χ4v) is 4.79. The van der Waals surface area contributed by atoms with E-state index >= 15 is 0 Å². The molecule has 5 heteroatoms. The van der Waals surface area contributed by atoms with Crippen molar-refractivity contribution in [3.63, 3.8) is 0 Å². The standard InChI is InChI=1S/3C8H18N.C7H11Ge.Hf/c3*1-5-7(3)9-8(4)6-2;1-8(2)7-5-3-4-6-7;/h3*7-8H,5-6H2,1-4H3;3-6,8H,1-2H3;/q4*-1;+4. The summed E-state index contributed by atoms with van der Waals surface area (Å²) >= 11 is -0.888. The molecule has 6 atom stereocenters. The molecule has 0 aromatic heterocycles. The molecular formula is C31H65GeHfN3. The van der Waals surface area contributed by atoms with E-state index in [1.54, 1.807) is 4.40 Å². The molecule has 0 bridgehead atoms. The second kappa shape index (κ2) is 30.2. The van der Waals surface area contributed by atoms with E-state index in [0.29, 0.717) is 36.3 Å². The van der Waals surface area contributed by atoms with E-state index in [2.05, 4.69) is 135 Å². The summed E-state index contributed by atoms with van der Waals surface area (Å²) < 4.78 is 1.62. The Bertz CT molecular complexity index is 443. The first-order valence-corrected chi connectivity index (χ1v) is 20.8. The third-order valence-corrected chi connectivity index (χ3v) is 10.0. The molecule has 212 valence electrons. The van der Waals surface area contributed by atoms with Crippen molar-refractivity contribution in [2.24, 2.45) is 0 Å². The minimum atomic E-state index is -0.888. The third kappa shape index (κ3) is 30.9. The van der Waals surface area contributed by atoms with Crippen molar-refractivity contribution in [2.45, 2.75) is 169 Å². The first kappa shape index (κ1) is 43.7. The monoisotopic (exact) mass is 733 g/mol. The van der Waals surface area contributed by atoms with Gasteiger partial charge in [-0.2, -0.15) is 0 Å². The zero-order valence-electron chi connectivity index (χ0n) is 26.9. The van der Waals surface area contributed by atoms with Gasteiger partial charge in [0, 0.05) is 0 Å². The topological polar surface area (TPSA) is 42.3 Å². The van der Waals surface area contributed by atoms with Crippen LogP contribution in [0.15, 0.2) is 24.3 Å². The fraction of sp³-hybridized carbons (Fsp3) is 0.839. The van der Waals surface area contributed by atoms with Crippen LogP contribution in [0.3, 0.4) is 0 Å². The summed E-state index contributed by atoms with van der Waals surface area (Å²) in [5.74, 6) is 4.78. The zero-order chi connectivity index (χ0) is 27.8. The molecular weight excluding hydrogens is 665 g/mol. The summed E-state index contributed by atoms with van der Waals surface area (Å²) in [5, 5.41) is 13.5. The first-order valence-electron chi connectivity index (χ1n) is 14.7. The summed E-state index contributed by atoms with van der Waals surface area (Å²) in [6.45, 7) is 26.1. The summed E-state index contributed by atoms with van der Waals surface area (Å²) in [7, 11) is 0. The molecule has 0 fully saturated rings. The van der Waals surface area contributed by atoms with Gasteiger partial charge < -0.3 is 16.0 Å². The average molecular weight is 731 g/mol. The van der Waals surface area contributed by atoms with Gasteiger partial charge in [-0.15, -0.1) is 36.3 Å². The van der Waals surface area contributed by atoms with E-state index < -0.39 is 14.3 Å². The molecule has 0 aliphatic rings. The molecule has 0 N–H and O–H groups in total. The maximum atomic E-state index is 4.51. The molecule has 0 heterocycles. The molecule has 6 unspecified atom stereocenters. The molecule has 0 saturated carbocycles. The van der Waals surface area contributed by atoms with Crippen LogP contribution >= 0.6 is 0 Å². The van der Waals surface area contributed by atoms with Crippen LogP contribution in [0.1, 0.15) is 122 Å². The van der Waals surface area contributed by atoms with Gasteiger partial charge in [0.05, 0.1) is 0 Å². The normalized spacial score (nSPS) is 15.3. The van der Waals surface area contributed by atoms with Crippen LogP contribution < -0.4 is 4.40 Å². The summed E-state index contributed by atoms with van der Waals surface area (Å²) in [4.78, 5) is 0. The van der Waals surface area contributed by atoms with Gasteiger partial charge in [-0.1, -0.05) is 122 Å². The Hall–Kier alpha value is 0.643. The van der Waals surface area contributed by atoms with Gasteiger partial charge in [0.2, 0.25) is 0 Å². The number of hydrogen-bond donors (Lipinski definition) is 0. The molecule has 1 aromatic rings. The van der Waals surface area contributed by atoms with Crippen LogP contribution in [-0.2, 0) is 25.8 Å². The van der Waals surface area contributed by atoms with Crippen LogP contribution in [-0.4, -0.2) is 50.6 Å². The van der Waals surface area contributed by atoms with Crippen LogP contribution in [0.5, 0.6) is 0 Å². The predicted molar refractivity (Wildman–Crippen MR) is 169 cm³/mol.